The molecule has 0 aliphatic carbocycles. The van der Waals surface area contributed by atoms with Crippen molar-refractivity contribution in [3.05, 3.63) is 70.6 Å². The minimum atomic E-state index is -0.334. The fourth-order valence-electron chi connectivity index (χ4n) is 2.51. The van der Waals surface area contributed by atoms with Crippen LogP contribution in [0.2, 0.25) is 5.02 Å². The van der Waals surface area contributed by atoms with Crippen LogP contribution >= 0.6 is 11.6 Å². The number of anilines is 3. The van der Waals surface area contributed by atoms with Gasteiger partial charge < -0.3 is 15.4 Å². The van der Waals surface area contributed by atoms with Gasteiger partial charge in [0.05, 0.1) is 7.11 Å². The quantitative estimate of drug-likeness (QED) is 0.665. The van der Waals surface area contributed by atoms with E-state index >= 15 is 0 Å². The SMILES string of the molecule is COc1cccc(Nc2cc(C(=O)Nc3cc(Cl)ccc3C)nc(C)n2)c1. The average Bonchev–Trinajstić information content (AvgIpc) is 2.64. The van der Waals surface area contributed by atoms with Crippen LogP contribution in [0.3, 0.4) is 0 Å². The molecule has 3 rings (SSSR count). The number of ether oxygens (including phenoxy) is 1. The molecule has 2 aromatic carbocycles. The van der Waals surface area contributed by atoms with Gasteiger partial charge >= 0.3 is 0 Å². The molecule has 138 valence electrons. The Morgan fingerprint density at radius 1 is 1.07 bits per heavy atom. The first-order chi connectivity index (χ1) is 12.9. The number of rotatable bonds is 5. The predicted molar refractivity (Wildman–Crippen MR) is 107 cm³/mol. The van der Waals surface area contributed by atoms with Crippen molar-refractivity contribution in [1.29, 1.82) is 0 Å². The van der Waals surface area contributed by atoms with Gasteiger partial charge in [-0.15, -0.1) is 0 Å². The maximum absolute atomic E-state index is 12.6. The van der Waals surface area contributed by atoms with Crippen molar-refractivity contribution in [3.63, 3.8) is 0 Å². The Kier molecular flexibility index (Phi) is 5.57. The fourth-order valence-corrected chi connectivity index (χ4v) is 2.68. The summed E-state index contributed by atoms with van der Waals surface area (Å²) in [6.07, 6.45) is 0. The Labute approximate surface area is 162 Å². The zero-order valence-electron chi connectivity index (χ0n) is 15.2. The summed E-state index contributed by atoms with van der Waals surface area (Å²) in [5.74, 6) is 1.39. The van der Waals surface area contributed by atoms with E-state index in [9.17, 15) is 4.79 Å². The molecule has 2 N–H and O–H groups in total. The number of carbonyl (C=O) groups excluding carboxylic acids is 1. The minimum absolute atomic E-state index is 0.257. The van der Waals surface area contributed by atoms with Gasteiger partial charge in [0.15, 0.2) is 0 Å². The minimum Gasteiger partial charge on any atom is -0.497 e. The first kappa shape index (κ1) is 18.7. The van der Waals surface area contributed by atoms with Crippen LogP contribution in [0, 0.1) is 13.8 Å². The lowest BCUT2D eigenvalue weighted by molar-refractivity contribution is 0.102. The molecule has 0 radical (unpaired) electrons. The van der Waals surface area contributed by atoms with Crippen LogP contribution in [-0.2, 0) is 0 Å². The van der Waals surface area contributed by atoms with Gasteiger partial charge in [-0.2, -0.15) is 0 Å². The molecule has 0 fully saturated rings. The lowest BCUT2D eigenvalue weighted by Gasteiger charge is -2.11. The molecule has 27 heavy (non-hydrogen) atoms. The topological polar surface area (TPSA) is 76.1 Å². The number of nitrogens with one attached hydrogen (secondary N) is 2. The van der Waals surface area contributed by atoms with Crippen LogP contribution in [0.25, 0.3) is 0 Å². The molecule has 0 bridgehead atoms. The van der Waals surface area contributed by atoms with Gasteiger partial charge in [0.1, 0.15) is 23.1 Å². The molecule has 1 heterocycles. The number of nitrogens with zero attached hydrogens (tertiary/aromatic N) is 2. The van der Waals surface area contributed by atoms with Crippen molar-refractivity contribution < 1.29 is 9.53 Å². The number of hydrogen-bond donors (Lipinski definition) is 2. The largest absolute Gasteiger partial charge is 0.497 e. The number of methoxy groups -OCH3 is 1. The van der Waals surface area contributed by atoms with Crippen LogP contribution in [0.15, 0.2) is 48.5 Å². The molecular weight excluding hydrogens is 364 g/mol. The second kappa shape index (κ2) is 8.05. The standard InChI is InChI=1S/C20H19ClN4O2/c1-12-7-8-14(21)9-17(12)25-20(26)18-11-19(23-13(2)22-18)24-15-5-4-6-16(10-15)27-3/h4-11H,1-3H3,(H,25,26)(H,22,23,24). The molecule has 1 aromatic heterocycles. The molecule has 0 saturated carbocycles. The molecule has 0 spiro atoms. The Morgan fingerprint density at radius 3 is 2.67 bits per heavy atom. The van der Waals surface area contributed by atoms with Crippen molar-refractivity contribution in [2.24, 2.45) is 0 Å². The number of carbonyl (C=O) groups is 1. The van der Waals surface area contributed by atoms with Gasteiger partial charge in [-0.3, -0.25) is 4.79 Å². The van der Waals surface area contributed by atoms with Gasteiger partial charge in [0.25, 0.3) is 5.91 Å². The Morgan fingerprint density at radius 2 is 1.89 bits per heavy atom. The maximum Gasteiger partial charge on any atom is 0.274 e. The van der Waals surface area contributed by atoms with Crippen molar-refractivity contribution in [3.8, 4) is 5.75 Å². The summed E-state index contributed by atoms with van der Waals surface area (Å²) < 4.78 is 5.22. The molecule has 0 atom stereocenters. The van der Waals surface area contributed by atoms with Crippen molar-refractivity contribution in [2.45, 2.75) is 13.8 Å². The van der Waals surface area contributed by atoms with Crippen molar-refractivity contribution >= 4 is 34.7 Å². The highest BCUT2D eigenvalue weighted by Gasteiger charge is 2.13. The van der Waals surface area contributed by atoms with E-state index in [0.717, 1.165) is 17.0 Å². The average molecular weight is 383 g/mol. The first-order valence-corrected chi connectivity index (χ1v) is 8.66. The lowest BCUT2D eigenvalue weighted by atomic mass is 10.2. The third-order valence-electron chi connectivity index (χ3n) is 3.86. The molecule has 0 saturated heterocycles. The zero-order valence-corrected chi connectivity index (χ0v) is 16.0. The van der Waals surface area contributed by atoms with Gasteiger partial charge in [0, 0.05) is 28.5 Å². The molecule has 0 aliphatic rings. The summed E-state index contributed by atoms with van der Waals surface area (Å²) >= 11 is 6.01. The van der Waals surface area contributed by atoms with Gasteiger partial charge in [0.2, 0.25) is 0 Å². The second-order valence-corrected chi connectivity index (χ2v) is 6.39. The predicted octanol–water partition coefficient (Wildman–Crippen LogP) is 4.75. The number of hydrogen-bond acceptors (Lipinski definition) is 5. The smallest absolute Gasteiger partial charge is 0.274 e. The lowest BCUT2D eigenvalue weighted by Crippen LogP contribution is -2.16. The molecule has 7 heteroatoms. The molecule has 3 aromatic rings. The van der Waals surface area contributed by atoms with E-state index < -0.39 is 0 Å². The second-order valence-electron chi connectivity index (χ2n) is 5.96. The third-order valence-corrected chi connectivity index (χ3v) is 4.10. The van der Waals surface area contributed by atoms with E-state index in [4.69, 9.17) is 16.3 Å². The molecule has 6 nitrogen and oxygen atoms in total. The van der Waals surface area contributed by atoms with Gasteiger partial charge in [-0.25, -0.2) is 9.97 Å². The Hall–Kier alpha value is -3.12. The van der Waals surface area contributed by atoms with Crippen LogP contribution in [0.5, 0.6) is 5.75 Å². The molecule has 0 unspecified atom stereocenters. The normalized spacial score (nSPS) is 10.4. The number of aryl methyl sites for hydroxylation is 2. The molecule has 0 aliphatic heterocycles. The van der Waals surface area contributed by atoms with Crippen LogP contribution < -0.4 is 15.4 Å². The Balaban J connectivity index is 1.83. The van der Waals surface area contributed by atoms with Crippen LogP contribution in [0.4, 0.5) is 17.2 Å². The highest BCUT2D eigenvalue weighted by molar-refractivity contribution is 6.31. The maximum atomic E-state index is 12.6. The Bertz CT molecular complexity index is 991. The summed E-state index contributed by atoms with van der Waals surface area (Å²) in [7, 11) is 1.61. The number of aromatic nitrogens is 2. The third kappa shape index (κ3) is 4.74. The van der Waals surface area contributed by atoms with E-state index in [0.29, 0.717) is 22.4 Å². The summed E-state index contributed by atoms with van der Waals surface area (Å²) in [5, 5.41) is 6.56. The number of amides is 1. The summed E-state index contributed by atoms with van der Waals surface area (Å²) in [6, 6.07) is 14.4. The number of halogens is 1. The van der Waals surface area contributed by atoms with E-state index in [1.54, 1.807) is 32.2 Å². The van der Waals surface area contributed by atoms with Crippen molar-refractivity contribution in [2.75, 3.05) is 17.7 Å². The number of benzene rings is 2. The van der Waals surface area contributed by atoms with Gasteiger partial charge in [-0.1, -0.05) is 23.7 Å². The highest BCUT2D eigenvalue weighted by atomic mass is 35.5. The van der Waals surface area contributed by atoms with E-state index in [-0.39, 0.29) is 11.6 Å². The fraction of sp³-hybridized carbons (Fsp3) is 0.150. The van der Waals surface area contributed by atoms with E-state index in [1.807, 2.05) is 37.3 Å². The van der Waals surface area contributed by atoms with E-state index in [2.05, 4.69) is 20.6 Å². The van der Waals surface area contributed by atoms with Crippen LogP contribution in [0.1, 0.15) is 21.9 Å². The van der Waals surface area contributed by atoms with Crippen molar-refractivity contribution in [1.82, 2.24) is 9.97 Å². The monoisotopic (exact) mass is 382 g/mol. The summed E-state index contributed by atoms with van der Waals surface area (Å²) in [5.41, 5.74) is 2.61. The molecule has 1 amide bonds. The van der Waals surface area contributed by atoms with Crippen LogP contribution in [-0.4, -0.2) is 23.0 Å². The summed E-state index contributed by atoms with van der Waals surface area (Å²) in [6.45, 7) is 3.63. The first-order valence-electron chi connectivity index (χ1n) is 8.29. The van der Waals surface area contributed by atoms with Gasteiger partial charge in [-0.05, 0) is 43.7 Å². The summed E-state index contributed by atoms with van der Waals surface area (Å²) in [4.78, 5) is 21.2. The zero-order chi connectivity index (χ0) is 19.4. The van der Waals surface area contributed by atoms with E-state index in [1.165, 1.54) is 0 Å². The highest BCUT2D eigenvalue weighted by Crippen LogP contribution is 2.23. The molecular formula is C20H19ClN4O2.